The van der Waals surface area contributed by atoms with Crippen LogP contribution in [0.5, 0.6) is 0 Å². The molecule has 9 heteroatoms. The zero-order valence-corrected chi connectivity index (χ0v) is 21.9. The first-order chi connectivity index (χ1) is 18.0. The number of halogens is 2. The van der Waals surface area contributed by atoms with Crippen LogP contribution in [0.4, 0.5) is 15.9 Å². The maximum Gasteiger partial charge on any atom is 0.236 e. The summed E-state index contributed by atoms with van der Waals surface area (Å²) in [6, 6.07) is 3.83. The van der Waals surface area contributed by atoms with E-state index >= 15 is 0 Å². The third-order valence-corrected chi connectivity index (χ3v) is 8.00. The van der Waals surface area contributed by atoms with E-state index < -0.39 is 5.95 Å². The van der Waals surface area contributed by atoms with Crippen molar-refractivity contribution in [3.8, 4) is 11.1 Å². The zero-order chi connectivity index (χ0) is 25.6. The van der Waals surface area contributed by atoms with Gasteiger partial charge in [0.25, 0.3) is 0 Å². The zero-order valence-electron chi connectivity index (χ0n) is 21.1. The van der Waals surface area contributed by atoms with Crippen molar-refractivity contribution in [3.63, 3.8) is 0 Å². The lowest BCUT2D eigenvalue weighted by Gasteiger charge is -2.26. The molecule has 1 saturated heterocycles. The lowest BCUT2D eigenvalue weighted by molar-refractivity contribution is -0.121. The van der Waals surface area contributed by atoms with Crippen LogP contribution in [0.15, 0.2) is 29.5 Å². The van der Waals surface area contributed by atoms with Gasteiger partial charge in [0.2, 0.25) is 5.95 Å². The number of ketones is 1. The van der Waals surface area contributed by atoms with Crippen molar-refractivity contribution < 1.29 is 13.9 Å². The monoisotopic (exact) mass is 527 g/mol. The first kappa shape index (κ1) is 26.0. The molecule has 198 valence electrons. The lowest BCUT2D eigenvalue weighted by atomic mass is 9.91. The summed E-state index contributed by atoms with van der Waals surface area (Å²) in [7, 11) is 0. The van der Waals surface area contributed by atoms with Crippen molar-refractivity contribution in [1.29, 1.82) is 0 Å². The molecule has 2 aromatic heterocycles. The van der Waals surface area contributed by atoms with Crippen LogP contribution in [0, 0.1) is 11.9 Å². The minimum absolute atomic E-state index is 0.117. The van der Waals surface area contributed by atoms with E-state index in [0.29, 0.717) is 35.4 Å². The normalized spacial score (nSPS) is 23.1. The Labute approximate surface area is 222 Å². The quantitative estimate of drug-likeness (QED) is 0.424. The van der Waals surface area contributed by atoms with E-state index in [2.05, 4.69) is 20.6 Å². The summed E-state index contributed by atoms with van der Waals surface area (Å²) in [4.78, 5) is 25.4. The molecule has 3 fully saturated rings. The van der Waals surface area contributed by atoms with Gasteiger partial charge >= 0.3 is 0 Å². The second kappa shape index (κ2) is 12.3. The molecule has 2 aromatic rings. The van der Waals surface area contributed by atoms with Crippen LogP contribution in [0.3, 0.4) is 0 Å². The summed E-state index contributed by atoms with van der Waals surface area (Å²) in [5, 5.41) is 7.25. The lowest BCUT2D eigenvalue weighted by Crippen LogP contribution is -2.29. The Balaban J connectivity index is 1.22. The van der Waals surface area contributed by atoms with Gasteiger partial charge in [-0.05, 0) is 69.4 Å². The first-order valence-electron chi connectivity index (χ1n) is 13.5. The number of ether oxygens (including phenoxy) is 1. The fraction of sp³-hybridized carbons (Fsp3) is 0.571. The largest absolute Gasteiger partial charge is 0.381 e. The Morgan fingerprint density at radius 1 is 1.03 bits per heavy atom. The molecule has 0 spiro atoms. The van der Waals surface area contributed by atoms with Gasteiger partial charge in [-0.25, -0.2) is 9.97 Å². The molecule has 5 rings (SSSR count). The van der Waals surface area contributed by atoms with Crippen LogP contribution < -0.4 is 10.6 Å². The summed E-state index contributed by atoms with van der Waals surface area (Å²) in [6.07, 6.45) is 12.4. The number of pyridine rings is 2. The van der Waals surface area contributed by atoms with Crippen LogP contribution in [0.1, 0.15) is 64.2 Å². The molecule has 2 saturated carbocycles. The Morgan fingerprint density at radius 2 is 1.84 bits per heavy atom. The summed E-state index contributed by atoms with van der Waals surface area (Å²) in [5.74, 6) is 0.970. The van der Waals surface area contributed by atoms with Crippen LogP contribution in [-0.4, -0.2) is 53.3 Å². The van der Waals surface area contributed by atoms with E-state index in [4.69, 9.17) is 21.3 Å². The molecule has 0 bridgehead atoms. The average molecular weight is 528 g/mol. The topological polar surface area (TPSA) is 88.5 Å². The summed E-state index contributed by atoms with van der Waals surface area (Å²) < 4.78 is 19.9. The van der Waals surface area contributed by atoms with Crippen LogP contribution in [-0.2, 0) is 9.53 Å². The van der Waals surface area contributed by atoms with Gasteiger partial charge in [-0.15, -0.1) is 0 Å². The van der Waals surface area contributed by atoms with E-state index in [9.17, 15) is 9.18 Å². The molecule has 3 aliphatic rings. The number of aliphatic imine (C=N–C) groups is 1. The predicted molar refractivity (Wildman–Crippen MR) is 145 cm³/mol. The van der Waals surface area contributed by atoms with Crippen molar-refractivity contribution in [2.75, 3.05) is 30.4 Å². The number of hydrogen-bond donors (Lipinski definition) is 2. The maximum absolute atomic E-state index is 14.4. The highest BCUT2D eigenvalue weighted by molar-refractivity contribution is 6.33. The van der Waals surface area contributed by atoms with Gasteiger partial charge in [0.1, 0.15) is 11.9 Å². The van der Waals surface area contributed by atoms with Crippen molar-refractivity contribution in [3.05, 3.63) is 35.5 Å². The van der Waals surface area contributed by atoms with Gasteiger partial charge in [0.15, 0.2) is 5.78 Å². The fourth-order valence-corrected chi connectivity index (χ4v) is 5.63. The number of nitrogens with zero attached hydrogens (tertiary/aromatic N) is 3. The number of anilines is 2. The van der Waals surface area contributed by atoms with Crippen LogP contribution in [0.2, 0.25) is 5.02 Å². The van der Waals surface area contributed by atoms with Crippen molar-refractivity contribution >= 4 is 34.6 Å². The number of hydrogen-bond acceptors (Lipinski definition) is 7. The number of carbonyl (C=O) groups is 1. The number of Topliss-reactive ketones (excluding diaryl/α,β-unsaturated/α-hetero) is 1. The second-order valence-electron chi connectivity index (χ2n) is 10.4. The maximum atomic E-state index is 14.4. The first-order valence-corrected chi connectivity index (χ1v) is 13.9. The van der Waals surface area contributed by atoms with E-state index in [0.717, 1.165) is 87.9 Å². The van der Waals surface area contributed by atoms with Gasteiger partial charge in [0, 0.05) is 61.5 Å². The standard InChI is InChI=1S/C28H35ClFN5O2/c29-23-17-32-27(35-21-7-5-20(6-8-21)34-24-3-1-2-4-26(24)36)14-22(23)19-13-25(28(30)33-16-19)31-15-18-9-11-37-12-10-18/h13-14,16-18,21,24,31H,1-12,15H2,(H,32,35)/t21?,24-/m0/s1. The second-order valence-corrected chi connectivity index (χ2v) is 10.8. The fourth-order valence-electron chi connectivity index (χ4n) is 5.42. The Morgan fingerprint density at radius 3 is 2.62 bits per heavy atom. The third-order valence-electron chi connectivity index (χ3n) is 7.70. The van der Waals surface area contributed by atoms with Crippen LogP contribution in [0.25, 0.3) is 11.1 Å². The Bertz CT molecular complexity index is 1130. The molecule has 37 heavy (non-hydrogen) atoms. The SMILES string of the molecule is O=C1CCCC[C@@H]1N=C1CCC(Nc2cc(-c3cnc(F)c(NCC4CCOCC4)c3)c(Cl)cn2)CC1. The van der Waals surface area contributed by atoms with Gasteiger partial charge in [-0.1, -0.05) is 18.0 Å². The Hall–Kier alpha value is -2.58. The molecule has 0 unspecified atom stereocenters. The van der Waals surface area contributed by atoms with Crippen molar-refractivity contribution in [2.45, 2.75) is 76.3 Å². The molecule has 3 heterocycles. The molecule has 1 atom stereocenters. The van der Waals surface area contributed by atoms with Gasteiger partial charge in [-0.3, -0.25) is 9.79 Å². The highest BCUT2D eigenvalue weighted by Crippen LogP contribution is 2.32. The Kier molecular flexibility index (Phi) is 8.66. The summed E-state index contributed by atoms with van der Waals surface area (Å²) >= 11 is 6.50. The number of rotatable bonds is 7. The molecular formula is C28H35ClFN5O2. The van der Waals surface area contributed by atoms with E-state index in [1.54, 1.807) is 12.3 Å². The molecule has 7 nitrogen and oxygen atoms in total. The summed E-state index contributed by atoms with van der Waals surface area (Å²) in [5.41, 5.74) is 3.04. The predicted octanol–water partition coefficient (Wildman–Crippen LogP) is 6.08. The molecule has 0 aromatic carbocycles. The van der Waals surface area contributed by atoms with Crippen molar-refractivity contribution in [1.82, 2.24) is 9.97 Å². The highest BCUT2D eigenvalue weighted by atomic mass is 35.5. The molecule has 0 amide bonds. The van der Waals surface area contributed by atoms with E-state index in [1.807, 2.05) is 6.07 Å². The van der Waals surface area contributed by atoms with E-state index in [1.165, 1.54) is 11.9 Å². The van der Waals surface area contributed by atoms with Gasteiger partial charge in [-0.2, -0.15) is 4.39 Å². The minimum Gasteiger partial charge on any atom is -0.381 e. The minimum atomic E-state index is -0.520. The van der Waals surface area contributed by atoms with E-state index in [-0.39, 0.29) is 12.1 Å². The third kappa shape index (κ3) is 6.85. The molecule has 2 N–H and O–H groups in total. The number of aromatic nitrogens is 2. The molecular weight excluding hydrogens is 493 g/mol. The van der Waals surface area contributed by atoms with Crippen LogP contribution >= 0.6 is 11.6 Å². The molecule has 2 aliphatic carbocycles. The smallest absolute Gasteiger partial charge is 0.236 e. The summed E-state index contributed by atoms with van der Waals surface area (Å²) in [6.45, 7) is 2.19. The van der Waals surface area contributed by atoms with Crippen molar-refractivity contribution in [2.24, 2.45) is 10.9 Å². The number of nitrogens with one attached hydrogen (secondary N) is 2. The molecule has 1 aliphatic heterocycles. The molecule has 0 radical (unpaired) electrons. The average Bonchev–Trinajstić information content (AvgIpc) is 2.92. The van der Waals surface area contributed by atoms with Gasteiger partial charge < -0.3 is 15.4 Å². The van der Waals surface area contributed by atoms with Gasteiger partial charge in [0.05, 0.1) is 10.7 Å². The highest BCUT2D eigenvalue weighted by Gasteiger charge is 2.24. The number of carbonyl (C=O) groups excluding carboxylic acids is 1.